The molecule has 5 nitrogen and oxygen atoms in total. The minimum atomic E-state index is -0.523. The van der Waals surface area contributed by atoms with Crippen LogP contribution in [0.5, 0.6) is 5.75 Å². The average molecular weight is 687 g/mol. The molecule has 0 aliphatic carbocycles. The molecule has 1 fully saturated rings. The van der Waals surface area contributed by atoms with Gasteiger partial charge >= 0.3 is 0 Å². The van der Waals surface area contributed by atoms with Gasteiger partial charge in [-0.2, -0.15) is 5.01 Å². The van der Waals surface area contributed by atoms with E-state index in [1.54, 1.807) is 36.4 Å². The molecule has 1 heterocycles. The van der Waals surface area contributed by atoms with Crippen molar-refractivity contribution in [2.75, 3.05) is 0 Å². The first kappa shape index (κ1) is 27.2. The van der Waals surface area contributed by atoms with Crippen LogP contribution in [0.4, 0.5) is 0 Å². The number of aryl methyl sites for hydroxylation is 1. The van der Waals surface area contributed by atoms with Crippen molar-refractivity contribution in [1.29, 1.82) is 0 Å². The summed E-state index contributed by atoms with van der Waals surface area (Å²) in [6.45, 7) is 2.23. The summed E-state index contributed by atoms with van der Waals surface area (Å²) in [4.78, 5) is 26.0. The van der Waals surface area contributed by atoms with Gasteiger partial charge in [0.2, 0.25) is 0 Å². The van der Waals surface area contributed by atoms with Gasteiger partial charge < -0.3 is 4.74 Å². The Hall–Kier alpha value is -1.88. The minimum absolute atomic E-state index is 0.212. The zero-order valence-electron chi connectivity index (χ0n) is 18.5. The lowest BCUT2D eigenvalue weighted by atomic mass is 10.1. The molecule has 3 aromatic rings. The molecule has 0 unspecified atom stereocenters. The Balaban J connectivity index is 1.48. The SMILES string of the molecule is Cc1ccc(C(=O)NN2C(=O)/C(=C\c3cc(Br)c(OCc4ccc(Cl)cc4)c(Br)c3)SC2=S)c(Cl)c1. The molecule has 0 atom stereocenters. The number of hydrazine groups is 1. The number of thioether (sulfide) groups is 1. The first-order valence-corrected chi connectivity index (χ1v) is 13.9. The van der Waals surface area contributed by atoms with E-state index < -0.39 is 11.8 Å². The van der Waals surface area contributed by atoms with Crippen LogP contribution in [0.1, 0.15) is 27.0 Å². The number of amides is 2. The number of hydrogen-bond donors (Lipinski definition) is 1. The van der Waals surface area contributed by atoms with E-state index in [1.807, 2.05) is 31.2 Å². The lowest BCUT2D eigenvalue weighted by Crippen LogP contribution is -2.44. The molecule has 36 heavy (non-hydrogen) atoms. The number of halogens is 4. The summed E-state index contributed by atoms with van der Waals surface area (Å²) in [6, 6.07) is 16.1. The molecule has 3 aromatic carbocycles. The van der Waals surface area contributed by atoms with Crippen LogP contribution in [-0.4, -0.2) is 21.1 Å². The van der Waals surface area contributed by atoms with Crippen LogP contribution >= 0.6 is 79.0 Å². The number of carbonyl (C=O) groups is 2. The van der Waals surface area contributed by atoms with Crippen molar-refractivity contribution in [1.82, 2.24) is 10.4 Å². The molecule has 1 N–H and O–H groups in total. The molecule has 0 bridgehead atoms. The third-order valence-electron chi connectivity index (χ3n) is 4.99. The minimum Gasteiger partial charge on any atom is -0.487 e. The van der Waals surface area contributed by atoms with Gasteiger partial charge in [-0.1, -0.05) is 53.2 Å². The molecule has 0 radical (unpaired) electrons. The van der Waals surface area contributed by atoms with Crippen molar-refractivity contribution in [2.45, 2.75) is 13.5 Å². The lowest BCUT2D eigenvalue weighted by molar-refractivity contribution is -0.123. The second-order valence-corrected chi connectivity index (χ2v) is 11.9. The number of carbonyl (C=O) groups excluding carboxylic acids is 2. The fourth-order valence-corrected chi connectivity index (χ4v) is 6.30. The summed E-state index contributed by atoms with van der Waals surface area (Å²) in [5, 5.41) is 2.01. The Morgan fingerprint density at radius 1 is 1.11 bits per heavy atom. The number of nitrogens with zero attached hydrogens (tertiary/aromatic N) is 1. The fraction of sp³-hybridized carbons (Fsp3) is 0.0800. The highest BCUT2D eigenvalue weighted by Crippen LogP contribution is 2.38. The van der Waals surface area contributed by atoms with Gasteiger partial charge in [0.05, 0.1) is 24.4 Å². The van der Waals surface area contributed by atoms with Crippen LogP contribution in [0.15, 0.2) is 68.4 Å². The van der Waals surface area contributed by atoms with Crippen LogP contribution in [0, 0.1) is 6.92 Å². The number of benzene rings is 3. The maximum Gasteiger partial charge on any atom is 0.285 e. The van der Waals surface area contributed by atoms with Gasteiger partial charge in [-0.3, -0.25) is 15.0 Å². The topological polar surface area (TPSA) is 58.6 Å². The van der Waals surface area contributed by atoms with E-state index >= 15 is 0 Å². The highest BCUT2D eigenvalue weighted by molar-refractivity contribution is 9.11. The molecule has 184 valence electrons. The van der Waals surface area contributed by atoms with E-state index in [1.165, 1.54) is 0 Å². The summed E-state index contributed by atoms with van der Waals surface area (Å²) >= 11 is 25.6. The Labute approximate surface area is 244 Å². The molecule has 1 saturated heterocycles. The quantitative estimate of drug-likeness (QED) is 0.211. The van der Waals surface area contributed by atoms with Gasteiger partial charge in [-0.15, -0.1) is 0 Å². The molecule has 0 spiro atoms. The third kappa shape index (κ3) is 6.33. The zero-order valence-corrected chi connectivity index (χ0v) is 24.8. The number of hydrogen-bond acceptors (Lipinski definition) is 5. The largest absolute Gasteiger partial charge is 0.487 e. The van der Waals surface area contributed by atoms with Crippen molar-refractivity contribution in [3.05, 3.63) is 101 Å². The Kier molecular flexibility index (Phi) is 8.80. The van der Waals surface area contributed by atoms with E-state index in [4.69, 9.17) is 40.2 Å². The zero-order chi connectivity index (χ0) is 26.0. The van der Waals surface area contributed by atoms with E-state index in [9.17, 15) is 9.59 Å². The van der Waals surface area contributed by atoms with Gasteiger partial charge in [0.25, 0.3) is 11.8 Å². The normalized spacial score (nSPS) is 14.5. The van der Waals surface area contributed by atoms with Crippen molar-refractivity contribution < 1.29 is 14.3 Å². The first-order chi connectivity index (χ1) is 17.1. The van der Waals surface area contributed by atoms with Gasteiger partial charge in [0.15, 0.2) is 4.32 Å². The highest BCUT2D eigenvalue weighted by atomic mass is 79.9. The summed E-state index contributed by atoms with van der Waals surface area (Å²) in [5.74, 6) is -0.334. The van der Waals surface area contributed by atoms with E-state index in [2.05, 4.69) is 37.3 Å². The van der Waals surface area contributed by atoms with Crippen molar-refractivity contribution >= 4 is 101 Å². The number of ether oxygens (including phenoxy) is 1. The highest BCUT2D eigenvalue weighted by Gasteiger charge is 2.34. The van der Waals surface area contributed by atoms with Crippen molar-refractivity contribution in [3.8, 4) is 5.75 Å². The number of rotatable bonds is 6. The van der Waals surface area contributed by atoms with Crippen LogP contribution < -0.4 is 10.2 Å². The summed E-state index contributed by atoms with van der Waals surface area (Å²) in [5.41, 5.74) is 5.43. The van der Waals surface area contributed by atoms with E-state index in [-0.39, 0.29) is 9.88 Å². The van der Waals surface area contributed by atoms with Gasteiger partial charge in [0.1, 0.15) is 12.4 Å². The van der Waals surface area contributed by atoms with Crippen molar-refractivity contribution in [2.24, 2.45) is 0 Å². The average Bonchev–Trinajstić information content (AvgIpc) is 3.07. The van der Waals surface area contributed by atoms with Crippen LogP contribution in [0.2, 0.25) is 10.0 Å². The molecule has 4 rings (SSSR count). The summed E-state index contributed by atoms with van der Waals surface area (Å²) in [6.07, 6.45) is 1.70. The maximum absolute atomic E-state index is 13.0. The predicted molar refractivity (Wildman–Crippen MR) is 156 cm³/mol. The molecule has 1 aliphatic rings. The van der Waals surface area contributed by atoms with Gasteiger partial charge in [0, 0.05) is 5.02 Å². The van der Waals surface area contributed by atoms with Crippen molar-refractivity contribution in [3.63, 3.8) is 0 Å². The van der Waals surface area contributed by atoms with Crippen LogP contribution in [0.25, 0.3) is 6.08 Å². The molecule has 0 aromatic heterocycles. The number of thiocarbonyl (C=S) groups is 1. The van der Waals surface area contributed by atoms with E-state index in [0.717, 1.165) is 33.5 Å². The summed E-state index contributed by atoms with van der Waals surface area (Å²) in [7, 11) is 0. The fourth-order valence-electron chi connectivity index (χ4n) is 3.22. The number of nitrogens with one attached hydrogen (secondary N) is 1. The van der Waals surface area contributed by atoms with Crippen LogP contribution in [-0.2, 0) is 11.4 Å². The Bertz CT molecular complexity index is 1390. The molecular weight excluding hydrogens is 671 g/mol. The Morgan fingerprint density at radius 3 is 2.42 bits per heavy atom. The molecule has 2 amide bonds. The van der Waals surface area contributed by atoms with E-state index in [0.29, 0.717) is 36.3 Å². The lowest BCUT2D eigenvalue weighted by Gasteiger charge is -2.16. The second-order valence-electron chi connectivity index (χ2n) is 7.67. The van der Waals surface area contributed by atoms with Crippen LogP contribution in [0.3, 0.4) is 0 Å². The molecule has 0 saturated carbocycles. The summed E-state index contributed by atoms with van der Waals surface area (Å²) < 4.78 is 7.58. The predicted octanol–water partition coefficient (Wildman–Crippen LogP) is 7.95. The first-order valence-electron chi connectivity index (χ1n) is 10.3. The molecular formula is C25H16Br2Cl2N2O3S2. The monoisotopic (exact) mass is 684 g/mol. The maximum atomic E-state index is 13.0. The van der Waals surface area contributed by atoms with Gasteiger partial charge in [-0.05, 0) is 110 Å². The smallest absolute Gasteiger partial charge is 0.285 e. The Morgan fingerprint density at radius 2 is 1.78 bits per heavy atom. The molecule has 1 aliphatic heterocycles. The standard InChI is InChI=1S/C25H16Br2Cl2N2O3S2/c1-13-2-7-17(20(29)8-13)23(32)30-31-24(33)21(36-25(31)35)11-15-9-18(26)22(19(27)10-15)34-12-14-3-5-16(28)6-4-14/h2-11H,12H2,1H3,(H,30,32)/b21-11+. The molecule has 11 heteroatoms. The third-order valence-corrected chi connectivity index (χ3v) is 8.04. The second kappa shape index (κ2) is 11.7. The van der Waals surface area contributed by atoms with Gasteiger partial charge in [-0.25, -0.2) is 0 Å².